The summed E-state index contributed by atoms with van der Waals surface area (Å²) in [5.41, 5.74) is 3.47. The van der Waals surface area contributed by atoms with Crippen LogP contribution in [-0.4, -0.2) is 67.9 Å². The van der Waals surface area contributed by atoms with Gasteiger partial charge in [0.15, 0.2) is 0 Å². The maximum atomic E-state index is 14.4. The first-order valence-electron chi connectivity index (χ1n) is 17.7. The van der Waals surface area contributed by atoms with Gasteiger partial charge in [0, 0.05) is 49.2 Å². The molecule has 49 heavy (non-hydrogen) atoms. The monoisotopic (exact) mass is 709 g/mol. The molecule has 0 saturated heterocycles. The predicted molar refractivity (Wildman–Crippen MR) is 192 cm³/mol. The molecule has 5 aliphatic rings. The van der Waals surface area contributed by atoms with Gasteiger partial charge < -0.3 is 19.1 Å². The summed E-state index contributed by atoms with van der Waals surface area (Å²) in [6.45, 7) is 4.01. The predicted octanol–water partition coefficient (Wildman–Crippen LogP) is 6.51. The summed E-state index contributed by atoms with van der Waals surface area (Å²) in [7, 11) is -0.0265. The molecule has 2 aromatic carbocycles. The molecule has 1 spiro atoms. The van der Waals surface area contributed by atoms with E-state index in [4.69, 9.17) is 25.8 Å². The quantitative estimate of drug-likeness (QED) is 0.361. The first kappa shape index (κ1) is 34.5. The van der Waals surface area contributed by atoms with E-state index in [0.29, 0.717) is 43.3 Å². The van der Waals surface area contributed by atoms with Crippen LogP contribution in [0.25, 0.3) is 0 Å². The van der Waals surface area contributed by atoms with E-state index in [9.17, 15) is 13.8 Å². The van der Waals surface area contributed by atoms with Gasteiger partial charge in [-0.2, -0.15) is 0 Å². The van der Waals surface area contributed by atoms with Gasteiger partial charge in [-0.1, -0.05) is 36.7 Å². The molecule has 2 aliphatic heterocycles. The molecule has 0 aromatic heterocycles. The van der Waals surface area contributed by atoms with Gasteiger partial charge in [-0.05, 0) is 111 Å². The number of amides is 2. The van der Waals surface area contributed by atoms with Crippen molar-refractivity contribution >= 4 is 39.0 Å². The first-order chi connectivity index (χ1) is 23.6. The van der Waals surface area contributed by atoms with Crippen molar-refractivity contribution in [2.45, 2.75) is 75.9 Å². The van der Waals surface area contributed by atoms with Crippen LogP contribution in [0.1, 0.15) is 73.4 Å². The summed E-state index contributed by atoms with van der Waals surface area (Å²) in [6.07, 6.45) is 11.1. The van der Waals surface area contributed by atoms with Crippen LogP contribution in [0, 0.1) is 23.7 Å². The highest BCUT2D eigenvalue weighted by atomic mass is 35.5. The van der Waals surface area contributed by atoms with Crippen LogP contribution in [0.3, 0.4) is 0 Å². The van der Waals surface area contributed by atoms with Gasteiger partial charge in [-0.15, -0.1) is 4.36 Å². The minimum absolute atomic E-state index is 0.0146. The highest BCUT2D eigenvalue weighted by Crippen LogP contribution is 2.47. The van der Waals surface area contributed by atoms with E-state index < -0.39 is 15.8 Å². The zero-order valence-electron chi connectivity index (χ0n) is 28.7. The Labute approximate surface area is 295 Å². The minimum Gasteiger partial charge on any atom is -0.490 e. The smallest absolute Gasteiger partial charge is 0.286 e. The van der Waals surface area contributed by atoms with E-state index in [1.807, 2.05) is 25.1 Å². The Hall–Kier alpha value is -2.92. The molecule has 6 atom stereocenters. The molecule has 0 unspecified atom stereocenters. The third kappa shape index (κ3) is 7.03. The van der Waals surface area contributed by atoms with Gasteiger partial charge in [-0.3, -0.25) is 14.3 Å². The number of aryl methyl sites for hydroxylation is 1. The van der Waals surface area contributed by atoms with Gasteiger partial charge >= 0.3 is 0 Å². The number of benzene rings is 2. The number of carbonyl (C=O) groups excluding carboxylic acids is 2. The van der Waals surface area contributed by atoms with Crippen LogP contribution in [0.4, 0.5) is 5.69 Å². The second-order valence-corrected chi connectivity index (χ2v) is 17.4. The molecule has 2 fully saturated rings. The number of halogens is 1. The maximum absolute atomic E-state index is 14.4. The standard InChI is InChI=1S/C38H48ClN3O6S/c1-24-6-4-8-34(47-3)31-12-9-27(31)20-42-22-38(15-5-7-25-16-29(39)11-13-32(25)38)23-48-35-14-10-26(19-33(35)42)36(43)40-49(45,21-24)41-37(44)28-17-30(18-28)46-2/h4,8,10-11,13-14,16,19,24,27-28,30-31,34H,5-7,9,12,15,17-18,20-23H2,1-3H3,(H,40,41,43,44,45)/b8-4+/t24-,27-,28-,30-,31+,34-,38-,49-/m0/s1. The number of hydrogen-bond donors (Lipinski definition) is 1. The molecule has 2 saturated carbocycles. The zero-order chi connectivity index (χ0) is 34.3. The van der Waals surface area contributed by atoms with Crippen molar-refractivity contribution in [1.29, 1.82) is 0 Å². The molecule has 9 nitrogen and oxygen atoms in total. The lowest BCUT2D eigenvalue weighted by molar-refractivity contribution is -0.130. The fourth-order valence-electron chi connectivity index (χ4n) is 8.58. The number of allylic oxidation sites excluding steroid dienone is 1. The van der Waals surface area contributed by atoms with Crippen molar-refractivity contribution < 1.29 is 28.0 Å². The Morgan fingerprint density at radius 3 is 2.73 bits per heavy atom. The number of carbonyl (C=O) groups is 2. The number of anilines is 1. The second-order valence-electron chi connectivity index (χ2n) is 15.0. The van der Waals surface area contributed by atoms with Crippen LogP contribution >= 0.6 is 11.6 Å². The summed E-state index contributed by atoms with van der Waals surface area (Å²) in [5.74, 6) is 0.170. The molecule has 3 aliphatic carbocycles. The maximum Gasteiger partial charge on any atom is 0.286 e. The fourth-order valence-corrected chi connectivity index (χ4v) is 10.7. The number of nitrogens with one attached hydrogen (secondary N) is 1. The molecule has 7 rings (SSSR count). The molecule has 2 amide bonds. The van der Waals surface area contributed by atoms with E-state index in [1.54, 1.807) is 20.3 Å². The number of methoxy groups -OCH3 is 2. The van der Waals surface area contributed by atoms with Crippen molar-refractivity contribution in [3.05, 3.63) is 70.3 Å². The average molecular weight is 710 g/mol. The van der Waals surface area contributed by atoms with E-state index in [-0.39, 0.29) is 41.1 Å². The van der Waals surface area contributed by atoms with Crippen LogP contribution in [-0.2, 0) is 36.0 Å². The molecular formula is C38H48ClN3O6S. The third-order valence-corrected chi connectivity index (χ3v) is 13.8. The van der Waals surface area contributed by atoms with Crippen molar-refractivity contribution in [3.63, 3.8) is 0 Å². The second kappa shape index (κ2) is 14.0. The first-order valence-corrected chi connectivity index (χ1v) is 19.8. The van der Waals surface area contributed by atoms with Crippen LogP contribution in [0.15, 0.2) is 52.9 Å². The number of ether oxygens (including phenoxy) is 3. The number of hydrogen-bond acceptors (Lipinski definition) is 7. The molecule has 1 N–H and O–H groups in total. The Morgan fingerprint density at radius 2 is 1.98 bits per heavy atom. The largest absolute Gasteiger partial charge is 0.490 e. The van der Waals surface area contributed by atoms with Gasteiger partial charge in [0.05, 0.1) is 30.3 Å². The normalized spacial score (nSPS) is 34.9. The van der Waals surface area contributed by atoms with E-state index in [0.717, 1.165) is 61.7 Å². The Bertz CT molecular complexity index is 1750. The molecule has 11 heteroatoms. The summed E-state index contributed by atoms with van der Waals surface area (Å²) in [6, 6.07) is 11.6. The topological polar surface area (TPSA) is 107 Å². The van der Waals surface area contributed by atoms with Crippen molar-refractivity contribution in [1.82, 2.24) is 4.72 Å². The fraction of sp³-hybridized carbons (Fsp3) is 0.579. The lowest BCUT2D eigenvalue weighted by Gasteiger charge is -2.46. The number of fused-ring (bicyclic) bond motifs is 4. The molecule has 0 radical (unpaired) electrons. The van der Waals surface area contributed by atoms with Gasteiger partial charge in [0.2, 0.25) is 5.91 Å². The van der Waals surface area contributed by atoms with Crippen molar-refractivity contribution in [3.8, 4) is 5.75 Å². The van der Waals surface area contributed by atoms with Gasteiger partial charge in [0.25, 0.3) is 5.91 Å². The number of nitrogens with zero attached hydrogens (tertiary/aromatic N) is 2. The summed E-state index contributed by atoms with van der Waals surface area (Å²) < 4.78 is 39.5. The van der Waals surface area contributed by atoms with Crippen LogP contribution < -0.4 is 14.4 Å². The highest BCUT2D eigenvalue weighted by Gasteiger charge is 2.44. The lowest BCUT2D eigenvalue weighted by atomic mass is 9.68. The van der Waals surface area contributed by atoms with E-state index in [1.165, 1.54) is 11.1 Å². The van der Waals surface area contributed by atoms with E-state index >= 15 is 0 Å². The SMILES string of the molecule is CO[C@H]1/C=C/C[C@H](C)C[S@@](=O)(NC(=O)[C@H]2C[C@H](OC)C2)=NC(=O)c2ccc3c(c2)N(C[C@@H]2CC[C@H]21)C[C@@]1(CCCc2cc(Cl)ccc21)CO3. The molecule has 2 bridgehead atoms. The highest BCUT2D eigenvalue weighted by molar-refractivity contribution is 7.92. The molecular weight excluding hydrogens is 662 g/mol. The van der Waals surface area contributed by atoms with Crippen LogP contribution in [0.2, 0.25) is 5.02 Å². The summed E-state index contributed by atoms with van der Waals surface area (Å²) in [5, 5.41) is 0.746. The average Bonchev–Trinajstić information content (AvgIpc) is 3.18. The lowest BCUT2D eigenvalue weighted by Crippen LogP contribution is -2.49. The third-order valence-electron chi connectivity index (χ3n) is 11.6. The summed E-state index contributed by atoms with van der Waals surface area (Å²) in [4.78, 5) is 29.5. The van der Waals surface area contributed by atoms with Gasteiger partial charge in [-0.25, -0.2) is 4.21 Å². The zero-order valence-corrected chi connectivity index (χ0v) is 30.3. The molecule has 2 heterocycles. The van der Waals surface area contributed by atoms with Crippen LogP contribution in [0.5, 0.6) is 5.75 Å². The van der Waals surface area contributed by atoms with Crippen molar-refractivity contribution in [2.75, 3.05) is 44.6 Å². The van der Waals surface area contributed by atoms with Gasteiger partial charge in [0.1, 0.15) is 15.7 Å². The minimum atomic E-state index is -3.42. The van der Waals surface area contributed by atoms with Crippen molar-refractivity contribution in [2.24, 2.45) is 28.0 Å². The van der Waals surface area contributed by atoms with E-state index in [2.05, 4.69) is 38.3 Å². The summed E-state index contributed by atoms with van der Waals surface area (Å²) >= 11 is 6.45. The Kier molecular flexibility index (Phi) is 9.87. The molecule has 264 valence electrons. The Morgan fingerprint density at radius 1 is 1.14 bits per heavy atom. The molecule has 2 aromatic rings. The Balaban J connectivity index is 1.28. The number of rotatable bonds is 4.